The third kappa shape index (κ3) is 41.8. The van der Waals surface area contributed by atoms with E-state index in [0.29, 0.717) is 0 Å². The summed E-state index contributed by atoms with van der Waals surface area (Å²) >= 11 is 0. The predicted octanol–water partition coefficient (Wildman–Crippen LogP) is -7.33. The molecule has 0 spiro atoms. The van der Waals surface area contributed by atoms with Crippen molar-refractivity contribution in [2.24, 2.45) is 0 Å². The molecule has 0 aromatic heterocycles. The molecule has 0 fully saturated rings. The molecule has 0 aromatic carbocycles. The first-order valence-electron chi connectivity index (χ1n) is 0.667. The molecule has 0 N–H and O–H groups in total. The van der Waals surface area contributed by atoms with Gasteiger partial charge >= 0.3 is 127 Å². The van der Waals surface area contributed by atoms with Gasteiger partial charge in [-0.05, 0) is 0 Å². The summed E-state index contributed by atoms with van der Waals surface area (Å²) in [4.78, 5) is 0. The fourth-order valence-electron chi connectivity index (χ4n) is 0. The molecule has 7 heavy (non-hydrogen) atoms. The van der Waals surface area contributed by atoms with Crippen molar-refractivity contribution in [3.05, 3.63) is 0 Å². The van der Waals surface area contributed by atoms with Crippen molar-refractivity contribution in [1.82, 2.24) is 0 Å². The van der Waals surface area contributed by atoms with Crippen LogP contribution in [-0.4, -0.2) is 17.5 Å². The van der Waals surface area contributed by atoms with Gasteiger partial charge in [-0.2, -0.15) is 0 Å². The Morgan fingerprint density at radius 2 is 1.14 bits per heavy atom. The van der Waals surface area contributed by atoms with Crippen LogP contribution in [0.5, 0.6) is 0 Å². The summed E-state index contributed by atoms with van der Waals surface area (Å²) in [6, 6.07) is 0. The molecular weight excluding hydrogens is 314 g/mol. The Hall–Kier alpha value is 3.73. The normalized spacial score (nSPS) is 8.29. The topological polar surface area (TPSA) is 80.3 Å². The van der Waals surface area contributed by atoms with Crippen LogP contribution in [0, 0.1) is 0 Å². The van der Waals surface area contributed by atoms with Gasteiger partial charge in [0.25, 0.3) is 0 Å². The first-order chi connectivity index (χ1) is 2.00. The van der Waals surface area contributed by atoms with Crippen LogP contribution in [0.25, 0.3) is 0 Å². The van der Waals surface area contributed by atoms with Gasteiger partial charge < -0.3 is 9.11 Å². The van der Waals surface area contributed by atoms with Crippen LogP contribution >= 0.6 is 0 Å². The van der Waals surface area contributed by atoms with E-state index < -0.39 is 10.4 Å². The minimum atomic E-state index is -5.17. The summed E-state index contributed by atoms with van der Waals surface area (Å²) in [6.45, 7) is 0. The first-order valence-corrected chi connectivity index (χ1v) is 2.00. The van der Waals surface area contributed by atoms with E-state index in [1.54, 1.807) is 0 Å². The molecular formula is CsO4RbS. The molecule has 0 saturated carbocycles. The van der Waals surface area contributed by atoms with Gasteiger partial charge in [0.05, 0.1) is 0 Å². The fourth-order valence-corrected chi connectivity index (χ4v) is 0. The van der Waals surface area contributed by atoms with E-state index in [1.165, 1.54) is 0 Å². The standard InChI is InChI=1S/Cs.H2O4S.Rb/c;1-5(2,3)4;/h;(H2,1,2,3,4);/q+1;;+1/p-2. The minimum Gasteiger partial charge on any atom is -0.759 e. The van der Waals surface area contributed by atoms with Crippen molar-refractivity contribution in [2.45, 2.75) is 0 Å². The van der Waals surface area contributed by atoms with Gasteiger partial charge in [0.15, 0.2) is 0 Å². The Balaban J connectivity index is -0.0000000800. The molecule has 0 unspecified atom stereocenters. The third-order valence-corrected chi connectivity index (χ3v) is 0. The van der Waals surface area contributed by atoms with Crippen molar-refractivity contribution in [3.8, 4) is 0 Å². The monoisotopic (exact) mass is 314 g/mol. The van der Waals surface area contributed by atoms with Crippen molar-refractivity contribution < 1.29 is 145 Å². The van der Waals surface area contributed by atoms with E-state index in [1.807, 2.05) is 0 Å². The SMILES string of the molecule is O=S(=O)([O-])[O-].[Cs+].[Rb+]. The molecule has 0 atom stereocenters. The maximum Gasteiger partial charge on any atom is 1.00 e. The average molecular weight is 314 g/mol. The molecule has 0 aliphatic carbocycles. The van der Waals surface area contributed by atoms with E-state index in [-0.39, 0.29) is 127 Å². The van der Waals surface area contributed by atoms with Gasteiger partial charge in [-0.25, -0.2) is 0 Å². The van der Waals surface area contributed by atoms with Crippen LogP contribution in [0.2, 0.25) is 0 Å². The maximum absolute atomic E-state index is 8.52. The Morgan fingerprint density at radius 1 is 1.14 bits per heavy atom. The van der Waals surface area contributed by atoms with E-state index in [0.717, 1.165) is 0 Å². The minimum absolute atomic E-state index is 0. The molecule has 0 aliphatic rings. The average Bonchev–Trinajstić information content (AvgIpc) is 0.722. The second-order valence-corrected chi connectivity index (χ2v) is 1.22. The van der Waals surface area contributed by atoms with Gasteiger partial charge in [0, 0.05) is 10.4 Å². The summed E-state index contributed by atoms with van der Waals surface area (Å²) in [7, 11) is -5.17. The second-order valence-electron chi connectivity index (χ2n) is 0.408. The van der Waals surface area contributed by atoms with Crippen LogP contribution in [0.1, 0.15) is 0 Å². The van der Waals surface area contributed by atoms with E-state index >= 15 is 0 Å². The third-order valence-electron chi connectivity index (χ3n) is 0. The van der Waals surface area contributed by atoms with Crippen molar-refractivity contribution >= 4 is 10.4 Å². The van der Waals surface area contributed by atoms with Gasteiger partial charge in [-0.15, -0.1) is 0 Å². The van der Waals surface area contributed by atoms with E-state index in [2.05, 4.69) is 0 Å². The van der Waals surface area contributed by atoms with Gasteiger partial charge in [-0.1, -0.05) is 0 Å². The molecule has 0 saturated heterocycles. The molecule has 0 amide bonds. The summed E-state index contributed by atoms with van der Waals surface area (Å²) in [5, 5.41) is 0. The van der Waals surface area contributed by atoms with Gasteiger partial charge in [0.2, 0.25) is 0 Å². The predicted molar refractivity (Wildman–Crippen MR) is 10.5 cm³/mol. The van der Waals surface area contributed by atoms with Crippen molar-refractivity contribution in [3.63, 3.8) is 0 Å². The Morgan fingerprint density at radius 3 is 1.14 bits per heavy atom. The van der Waals surface area contributed by atoms with Gasteiger partial charge in [0.1, 0.15) is 0 Å². The van der Waals surface area contributed by atoms with Crippen LogP contribution < -0.4 is 127 Å². The molecule has 0 aliphatic heterocycles. The molecule has 7 heteroatoms. The first kappa shape index (κ1) is 17.0. The van der Waals surface area contributed by atoms with E-state index in [9.17, 15) is 0 Å². The zero-order valence-corrected chi connectivity index (χ0v) is 16.1. The van der Waals surface area contributed by atoms with Crippen LogP contribution in [0.3, 0.4) is 0 Å². The Labute approximate surface area is 150 Å². The molecule has 32 valence electrons. The smallest absolute Gasteiger partial charge is 0.759 e. The van der Waals surface area contributed by atoms with Crippen LogP contribution in [-0.2, 0) is 10.4 Å². The molecule has 0 bridgehead atoms. The number of rotatable bonds is 0. The Kier molecular flexibility index (Phi) is 19.0. The molecule has 0 radical (unpaired) electrons. The maximum atomic E-state index is 8.52. The summed E-state index contributed by atoms with van der Waals surface area (Å²) in [6.07, 6.45) is 0. The summed E-state index contributed by atoms with van der Waals surface area (Å²) in [5.74, 6) is 0. The van der Waals surface area contributed by atoms with Gasteiger partial charge in [-0.3, -0.25) is 8.42 Å². The Bertz CT molecular complexity index is 94.9. The molecule has 0 heterocycles. The molecule has 4 nitrogen and oxygen atoms in total. The summed E-state index contributed by atoms with van der Waals surface area (Å²) < 4.78 is 34.1. The van der Waals surface area contributed by atoms with E-state index in [4.69, 9.17) is 17.5 Å². The second kappa shape index (κ2) is 7.83. The van der Waals surface area contributed by atoms with Crippen LogP contribution in [0.4, 0.5) is 0 Å². The largest absolute Gasteiger partial charge is 1.00 e. The fraction of sp³-hybridized carbons (Fsp3) is 0. The summed E-state index contributed by atoms with van der Waals surface area (Å²) in [5.41, 5.74) is 0. The number of hydrogen-bond acceptors (Lipinski definition) is 4. The van der Waals surface area contributed by atoms with Crippen molar-refractivity contribution in [1.29, 1.82) is 0 Å². The molecule has 0 aromatic rings. The molecule has 0 rings (SSSR count). The quantitative estimate of drug-likeness (QED) is 0.329. The zero-order chi connectivity index (χ0) is 4.50. The zero-order valence-electron chi connectivity index (χ0n) is 4.04. The van der Waals surface area contributed by atoms with Crippen LogP contribution in [0.15, 0.2) is 0 Å². The number of hydrogen-bond donors (Lipinski definition) is 0. The van der Waals surface area contributed by atoms with Crippen molar-refractivity contribution in [2.75, 3.05) is 0 Å².